The van der Waals surface area contributed by atoms with Crippen molar-refractivity contribution in [2.45, 2.75) is 16.7 Å². The van der Waals surface area contributed by atoms with Crippen LogP contribution in [0.25, 0.3) is 17.0 Å². The molecule has 3 aromatic rings. The number of aromatic amines is 1. The number of carboxylic acid groups (broad SMARTS) is 1. The van der Waals surface area contributed by atoms with Gasteiger partial charge in [-0.3, -0.25) is 9.82 Å². The van der Waals surface area contributed by atoms with Crippen LogP contribution in [-0.4, -0.2) is 44.4 Å². The summed E-state index contributed by atoms with van der Waals surface area (Å²) in [5.74, 6) is -1.10. The van der Waals surface area contributed by atoms with Crippen LogP contribution in [0.4, 0.5) is 5.69 Å². The summed E-state index contributed by atoms with van der Waals surface area (Å²) >= 11 is 0. The Bertz CT molecular complexity index is 1360. The van der Waals surface area contributed by atoms with Crippen LogP contribution in [0.3, 0.4) is 0 Å². The number of H-pyrrole nitrogens is 1. The van der Waals surface area contributed by atoms with Crippen molar-refractivity contribution in [2.75, 3.05) is 11.0 Å². The number of aromatic nitrogens is 2. The normalized spacial score (nSPS) is 12.8. The number of hydrogen-bond acceptors (Lipinski definition) is 6. The van der Waals surface area contributed by atoms with Crippen molar-refractivity contribution in [3.8, 4) is 0 Å². The first-order chi connectivity index (χ1) is 13.5. The van der Waals surface area contributed by atoms with Crippen molar-refractivity contribution in [2.24, 2.45) is 0 Å². The summed E-state index contributed by atoms with van der Waals surface area (Å²) in [4.78, 5) is 10.4. The van der Waals surface area contributed by atoms with E-state index in [9.17, 15) is 21.6 Å². The molecule has 11 heteroatoms. The predicted molar refractivity (Wildman–Crippen MR) is 108 cm³/mol. The van der Waals surface area contributed by atoms with Gasteiger partial charge in [0, 0.05) is 22.9 Å². The Hall–Kier alpha value is -3.18. The molecule has 0 unspecified atom stereocenters. The number of sulfonamides is 1. The van der Waals surface area contributed by atoms with Gasteiger partial charge in [-0.15, -0.1) is 0 Å². The first-order valence-corrected chi connectivity index (χ1v) is 11.6. The van der Waals surface area contributed by atoms with Gasteiger partial charge in [-0.25, -0.2) is 21.6 Å². The van der Waals surface area contributed by atoms with E-state index in [4.69, 9.17) is 5.11 Å². The minimum Gasteiger partial charge on any atom is -0.478 e. The highest BCUT2D eigenvalue weighted by molar-refractivity contribution is 7.95. The molecule has 1 aromatic heterocycles. The third-order valence-corrected chi connectivity index (χ3v) is 6.80. The van der Waals surface area contributed by atoms with Gasteiger partial charge in [0.2, 0.25) is 0 Å². The highest BCUT2D eigenvalue weighted by Gasteiger charge is 2.23. The van der Waals surface area contributed by atoms with E-state index < -0.39 is 25.8 Å². The van der Waals surface area contributed by atoms with E-state index in [1.165, 1.54) is 49.4 Å². The lowest BCUT2D eigenvalue weighted by Crippen LogP contribution is -2.16. The van der Waals surface area contributed by atoms with E-state index >= 15 is 0 Å². The van der Waals surface area contributed by atoms with Crippen LogP contribution in [0.5, 0.6) is 0 Å². The SMILES string of the molecule is C/C(=C\c1n[nH]c2ccc(NS(=O)(=O)c3ccccc3S(C)(=O)=O)cc12)C(=O)O. The van der Waals surface area contributed by atoms with Gasteiger partial charge in [0.05, 0.1) is 16.1 Å². The largest absolute Gasteiger partial charge is 0.478 e. The Morgan fingerprint density at radius 1 is 1.10 bits per heavy atom. The summed E-state index contributed by atoms with van der Waals surface area (Å²) in [7, 11) is -7.96. The van der Waals surface area contributed by atoms with Gasteiger partial charge in [0.25, 0.3) is 10.0 Å². The molecule has 0 spiro atoms. The predicted octanol–water partition coefficient (Wildman–Crippen LogP) is 2.26. The quantitative estimate of drug-likeness (QED) is 0.503. The van der Waals surface area contributed by atoms with Gasteiger partial charge < -0.3 is 5.11 Å². The molecule has 0 fully saturated rings. The van der Waals surface area contributed by atoms with Gasteiger partial charge >= 0.3 is 5.97 Å². The summed E-state index contributed by atoms with van der Waals surface area (Å²) in [6.45, 7) is 1.41. The lowest BCUT2D eigenvalue weighted by molar-refractivity contribution is -0.132. The number of aliphatic carboxylic acids is 1. The number of carboxylic acids is 1. The maximum Gasteiger partial charge on any atom is 0.331 e. The zero-order valence-corrected chi connectivity index (χ0v) is 17.0. The van der Waals surface area contributed by atoms with E-state index in [1.54, 1.807) is 6.07 Å². The van der Waals surface area contributed by atoms with Crippen LogP contribution in [-0.2, 0) is 24.7 Å². The number of carbonyl (C=O) groups is 1. The zero-order chi connectivity index (χ0) is 21.4. The van der Waals surface area contributed by atoms with Gasteiger partial charge in [-0.1, -0.05) is 12.1 Å². The third-order valence-electron chi connectivity index (χ3n) is 4.07. The summed E-state index contributed by atoms with van der Waals surface area (Å²) < 4.78 is 51.8. The summed E-state index contributed by atoms with van der Waals surface area (Å²) in [6.07, 6.45) is 2.29. The fourth-order valence-corrected chi connectivity index (χ4v) is 5.34. The van der Waals surface area contributed by atoms with Crippen molar-refractivity contribution < 1.29 is 26.7 Å². The molecule has 3 rings (SSSR count). The topological polar surface area (TPSA) is 146 Å². The molecule has 0 aliphatic rings. The number of hydrogen-bond donors (Lipinski definition) is 3. The molecule has 0 radical (unpaired) electrons. The molecule has 152 valence electrons. The van der Waals surface area contributed by atoms with Crippen LogP contribution in [0.15, 0.2) is 57.8 Å². The van der Waals surface area contributed by atoms with Crippen molar-refractivity contribution >= 4 is 48.5 Å². The number of nitrogens with one attached hydrogen (secondary N) is 2. The van der Waals surface area contributed by atoms with Gasteiger partial charge in [0.15, 0.2) is 9.84 Å². The average Bonchev–Trinajstić information content (AvgIpc) is 3.03. The molecule has 9 nitrogen and oxygen atoms in total. The molecule has 1 heterocycles. The Balaban J connectivity index is 2.05. The number of benzene rings is 2. The van der Waals surface area contributed by atoms with E-state index in [-0.39, 0.29) is 21.1 Å². The second-order valence-corrected chi connectivity index (χ2v) is 9.96. The summed E-state index contributed by atoms with van der Waals surface area (Å²) in [6, 6.07) is 9.85. The number of nitrogens with zero attached hydrogens (tertiary/aromatic N) is 1. The maximum absolute atomic E-state index is 12.8. The smallest absolute Gasteiger partial charge is 0.331 e. The monoisotopic (exact) mass is 435 g/mol. The first-order valence-electron chi connectivity index (χ1n) is 8.20. The number of fused-ring (bicyclic) bond motifs is 1. The number of rotatable bonds is 6. The van der Waals surface area contributed by atoms with Crippen molar-refractivity contribution in [3.63, 3.8) is 0 Å². The zero-order valence-electron chi connectivity index (χ0n) is 15.4. The van der Waals surface area contributed by atoms with Gasteiger partial charge in [0.1, 0.15) is 4.90 Å². The first kappa shape index (κ1) is 20.6. The van der Waals surface area contributed by atoms with Gasteiger partial charge in [-0.05, 0) is 43.3 Å². The van der Waals surface area contributed by atoms with E-state index in [0.717, 1.165) is 6.26 Å². The fourth-order valence-electron chi connectivity index (χ4n) is 2.66. The van der Waals surface area contributed by atoms with E-state index in [0.29, 0.717) is 16.6 Å². The molecule has 0 atom stereocenters. The Kier molecular flexibility index (Phi) is 5.20. The highest BCUT2D eigenvalue weighted by atomic mass is 32.2. The van der Waals surface area contributed by atoms with Crippen molar-refractivity contribution in [3.05, 3.63) is 53.7 Å². The molecule has 0 saturated carbocycles. The molecular weight excluding hydrogens is 418 g/mol. The molecule has 0 bridgehead atoms. The average molecular weight is 435 g/mol. The number of anilines is 1. The third kappa shape index (κ3) is 4.30. The van der Waals surface area contributed by atoms with Crippen LogP contribution >= 0.6 is 0 Å². The van der Waals surface area contributed by atoms with Crippen molar-refractivity contribution in [1.29, 1.82) is 0 Å². The highest BCUT2D eigenvalue weighted by Crippen LogP contribution is 2.26. The maximum atomic E-state index is 12.8. The Morgan fingerprint density at radius 2 is 1.76 bits per heavy atom. The van der Waals surface area contributed by atoms with Crippen molar-refractivity contribution in [1.82, 2.24) is 10.2 Å². The van der Waals surface area contributed by atoms with Crippen LogP contribution in [0, 0.1) is 0 Å². The minimum atomic E-state index is -4.20. The molecule has 0 aliphatic heterocycles. The molecule has 0 amide bonds. The molecular formula is C18H17N3O6S2. The van der Waals surface area contributed by atoms with E-state index in [1.807, 2.05) is 0 Å². The second kappa shape index (κ2) is 7.33. The van der Waals surface area contributed by atoms with Gasteiger partial charge in [-0.2, -0.15) is 5.10 Å². The second-order valence-electron chi connectivity index (χ2n) is 6.33. The molecule has 0 aliphatic carbocycles. The van der Waals surface area contributed by atoms with E-state index in [2.05, 4.69) is 14.9 Å². The van der Waals surface area contributed by atoms with Crippen LogP contribution < -0.4 is 4.72 Å². The lowest BCUT2D eigenvalue weighted by atomic mass is 10.1. The standard InChI is InChI=1S/C18H17N3O6S2/c1-11(18(22)23)9-15-13-10-12(7-8-14(13)19-20-15)21-29(26,27)17-6-4-3-5-16(17)28(2,24)25/h3-10,21H,1-2H3,(H,19,20)(H,22,23)/b11-9+. The summed E-state index contributed by atoms with van der Waals surface area (Å²) in [5, 5.41) is 16.3. The Labute approximate surface area is 167 Å². The molecule has 3 N–H and O–H groups in total. The number of sulfone groups is 1. The molecule has 0 saturated heterocycles. The molecule has 29 heavy (non-hydrogen) atoms. The Morgan fingerprint density at radius 3 is 2.38 bits per heavy atom. The fraction of sp³-hybridized carbons (Fsp3) is 0.111. The minimum absolute atomic E-state index is 0.0615. The lowest BCUT2D eigenvalue weighted by Gasteiger charge is -2.11. The molecule has 2 aromatic carbocycles. The van der Waals surface area contributed by atoms with Crippen LogP contribution in [0.2, 0.25) is 0 Å². The summed E-state index contributed by atoms with van der Waals surface area (Å²) in [5.41, 5.74) is 1.14. The van der Waals surface area contributed by atoms with Crippen LogP contribution in [0.1, 0.15) is 12.6 Å².